The quantitative estimate of drug-likeness (QED) is 0.264. The van der Waals surface area contributed by atoms with Gasteiger partial charge in [-0.25, -0.2) is 5.43 Å². The molecule has 0 aliphatic rings. The predicted octanol–water partition coefficient (Wildman–Crippen LogP) is 5.59. The minimum atomic E-state index is -0.307. The molecule has 1 amide bonds. The molecule has 0 saturated carbocycles. The molecule has 4 aromatic rings. The van der Waals surface area contributed by atoms with Crippen LogP contribution in [0.15, 0.2) is 90.0 Å². The molecule has 1 N–H and O–H groups in total. The van der Waals surface area contributed by atoms with Crippen molar-refractivity contribution in [2.75, 3.05) is 13.7 Å². The van der Waals surface area contributed by atoms with Gasteiger partial charge in [0.2, 0.25) is 0 Å². The van der Waals surface area contributed by atoms with Gasteiger partial charge in [-0.15, -0.1) is 0 Å². The molecule has 34 heavy (non-hydrogen) atoms. The van der Waals surface area contributed by atoms with E-state index in [0.717, 1.165) is 11.1 Å². The van der Waals surface area contributed by atoms with Crippen LogP contribution in [0.5, 0.6) is 17.2 Å². The zero-order valence-corrected chi connectivity index (χ0v) is 19.2. The number of hydrogen-bond donors (Lipinski definition) is 1. The Labute approximate surface area is 198 Å². The zero-order chi connectivity index (χ0) is 23.8. The molecule has 172 valence electrons. The number of nitrogens with zero attached hydrogens (tertiary/aromatic N) is 1. The van der Waals surface area contributed by atoms with Gasteiger partial charge in [0.1, 0.15) is 12.4 Å². The van der Waals surface area contributed by atoms with Crippen LogP contribution in [0, 0.1) is 0 Å². The molecule has 4 aromatic carbocycles. The van der Waals surface area contributed by atoms with Crippen LogP contribution in [0.1, 0.15) is 28.4 Å². The maximum atomic E-state index is 12.3. The minimum Gasteiger partial charge on any atom is -0.497 e. The summed E-state index contributed by atoms with van der Waals surface area (Å²) in [5.41, 5.74) is 4.90. The first-order chi connectivity index (χ1) is 16.7. The highest BCUT2D eigenvalue weighted by atomic mass is 16.5. The van der Waals surface area contributed by atoms with Gasteiger partial charge in [-0.2, -0.15) is 5.10 Å². The van der Waals surface area contributed by atoms with Crippen LogP contribution in [0.2, 0.25) is 0 Å². The van der Waals surface area contributed by atoms with Crippen LogP contribution in [0.25, 0.3) is 10.8 Å². The summed E-state index contributed by atoms with van der Waals surface area (Å²) in [5.74, 6) is 1.65. The maximum absolute atomic E-state index is 12.3. The van der Waals surface area contributed by atoms with E-state index in [-0.39, 0.29) is 5.91 Å². The molecule has 0 heterocycles. The van der Waals surface area contributed by atoms with Crippen molar-refractivity contribution in [3.05, 3.63) is 102 Å². The van der Waals surface area contributed by atoms with Gasteiger partial charge in [0.05, 0.1) is 19.9 Å². The number of fused-ring (bicyclic) bond motifs is 1. The average molecular weight is 455 g/mol. The average Bonchev–Trinajstić information content (AvgIpc) is 2.88. The summed E-state index contributed by atoms with van der Waals surface area (Å²) in [7, 11) is 1.58. The van der Waals surface area contributed by atoms with E-state index in [1.54, 1.807) is 37.6 Å². The molecular weight excluding hydrogens is 428 g/mol. The highest BCUT2D eigenvalue weighted by Crippen LogP contribution is 2.30. The molecule has 6 nitrogen and oxygen atoms in total. The third-order valence-electron chi connectivity index (χ3n) is 5.26. The lowest BCUT2D eigenvalue weighted by Crippen LogP contribution is -2.17. The predicted molar refractivity (Wildman–Crippen MR) is 134 cm³/mol. The number of methoxy groups -OCH3 is 1. The van der Waals surface area contributed by atoms with Crippen molar-refractivity contribution in [1.82, 2.24) is 5.43 Å². The fourth-order valence-electron chi connectivity index (χ4n) is 3.54. The standard InChI is InChI=1S/C28H26N2O4/c1-3-33-27-17-20(18-29-30-28(31)22-12-14-24(32-2)15-13-22)11-16-26(27)34-19-23-9-6-8-21-7-4-5-10-25(21)23/h4-18H,3,19H2,1-2H3,(H,30,31)/b29-18-. The summed E-state index contributed by atoms with van der Waals surface area (Å²) in [6, 6.07) is 26.8. The molecule has 4 rings (SSSR count). The highest BCUT2D eigenvalue weighted by molar-refractivity contribution is 5.95. The van der Waals surface area contributed by atoms with Crippen molar-refractivity contribution >= 4 is 22.9 Å². The van der Waals surface area contributed by atoms with Crippen molar-refractivity contribution in [2.24, 2.45) is 5.10 Å². The Morgan fingerprint density at radius 3 is 2.50 bits per heavy atom. The van der Waals surface area contributed by atoms with E-state index in [9.17, 15) is 4.79 Å². The second-order valence-corrected chi connectivity index (χ2v) is 7.49. The Kier molecular flexibility index (Phi) is 7.40. The third-order valence-corrected chi connectivity index (χ3v) is 5.26. The lowest BCUT2D eigenvalue weighted by atomic mass is 10.1. The van der Waals surface area contributed by atoms with Gasteiger partial charge in [-0.1, -0.05) is 42.5 Å². The summed E-state index contributed by atoms with van der Waals surface area (Å²) in [4.78, 5) is 12.3. The number of hydrazone groups is 1. The van der Waals surface area contributed by atoms with Gasteiger partial charge in [0.15, 0.2) is 11.5 Å². The number of ether oxygens (including phenoxy) is 3. The van der Waals surface area contributed by atoms with Crippen LogP contribution in [0.4, 0.5) is 0 Å². The van der Waals surface area contributed by atoms with E-state index in [4.69, 9.17) is 14.2 Å². The SMILES string of the molecule is CCOc1cc(/C=N\NC(=O)c2ccc(OC)cc2)ccc1OCc1cccc2ccccc12. The maximum Gasteiger partial charge on any atom is 0.271 e. The van der Waals surface area contributed by atoms with Gasteiger partial charge in [-0.05, 0) is 71.3 Å². The number of rotatable bonds is 9. The fraction of sp³-hybridized carbons (Fsp3) is 0.143. The molecule has 0 aliphatic heterocycles. The van der Waals surface area contributed by atoms with Crippen LogP contribution in [0.3, 0.4) is 0 Å². The Hall–Kier alpha value is -4.32. The number of nitrogens with one attached hydrogen (secondary N) is 1. The molecule has 0 atom stereocenters. The van der Waals surface area contributed by atoms with Crippen molar-refractivity contribution < 1.29 is 19.0 Å². The van der Waals surface area contributed by atoms with Crippen LogP contribution < -0.4 is 19.6 Å². The second kappa shape index (κ2) is 11.0. The van der Waals surface area contributed by atoms with Gasteiger partial charge in [-0.3, -0.25) is 4.79 Å². The molecular formula is C28H26N2O4. The van der Waals surface area contributed by atoms with Gasteiger partial charge in [0, 0.05) is 5.56 Å². The van der Waals surface area contributed by atoms with E-state index in [1.807, 2.05) is 43.3 Å². The van der Waals surface area contributed by atoms with Gasteiger partial charge in [0.25, 0.3) is 5.91 Å². The number of amides is 1. The summed E-state index contributed by atoms with van der Waals surface area (Å²) in [6.45, 7) is 2.84. The molecule has 6 heteroatoms. The lowest BCUT2D eigenvalue weighted by molar-refractivity contribution is 0.0955. The van der Waals surface area contributed by atoms with Crippen molar-refractivity contribution in [1.29, 1.82) is 0 Å². The van der Waals surface area contributed by atoms with Crippen molar-refractivity contribution in [3.63, 3.8) is 0 Å². The largest absolute Gasteiger partial charge is 0.497 e. The molecule has 0 aromatic heterocycles. The first-order valence-electron chi connectivity index (χ1n) is 11.0. The molecule has 0 radical (unpaired) electrons. The van der Waals surface area contributed by atoms with E-state index < -0.39 is 0 Å². The van der Waals surface area contributed by atoms with Crippen LogP contribution in [-0.2, 0) is 6.61 Å². The van der Waals surface area contributed by atoms with E-state index >= 15 is 0 Å². The summed E-state index contributed by atoms with van der Waals surface area (Å²) in [5, 5.41) is 6.41. The molecule has 0 saturated heterocycles. The van der Waals surface area contributed by atoms with Gasteiger partial charge >= 0.3 is 0 Å². The Morgan fingerprint density at radius 2 is 1.71 bits per heavy atom. The van der Waals surface area contributed by atoms with Crippen molar-refractivity contribution in [2.45, 2.75) is 13.5 Å². The Bertz CT molecular complexity index is 1290. The zero-order valence-electron chi connectivity index (χ0n) is 19.2. The smallest absolute Gasteiger partial charge is 0.271 e. The lowest BCUT2D eigenvalue weighted by Gasteiger charge is -2.13. The molecule has 0 fully saturated rings. The Morgan fingerprint density at radius 1 is 0.912 bits per heavy atom. The summed E-state index contributed by atoms with van der Waals surface area (Å²) < 4.78 is 17.0. The number of hydrogen-bond acceptors (Lipinski definition) is 5. The topological polar surface area (TPSA) is 69.2 Å². The normalized spacial score (nSPS) is 10.9. The Balaban J connectivity index is 1.43. The number of carbonyl (C=O) groups excluding carboxylic acids is 1. The van der Waals surface area contributed by atoms with Crippen molar-refractivity contribution in [3.8, 4) is 17.2 Å². The first kappa shape index (κ1) is 22.9. The molecule has 0 bridgehead atoms. The van der Waals surface area contributed by atoms with E-state index in [1.165, 1.54) is 10.8 Å². The molecule has 0 unspecified atom stereocenters. The highest BCUT2D eigenvalue weighted by Gasteiger charge is 2.09. The summed E-state index contributed by atoms with van der Waals surface area (Å²) in [6.07, 6.45) is 1.57. The minimum absolute atomic E-state index is 0.307. The van der Waals surface area contributed by atoms with Crippen LogP contribution >= 0.6 is 0 Å². The molecule has 0 aliphatic carbocycles. The van der Waals surface area contributed by atoms with Crippen LogP contribution in [-0.4, -0.2) is 25.8 Å². The fourth-order valence-corrected chi connectivity index (χ4v) is 3.54. The number of carbonyl (C=O) groups is 1. The van der Waals surface area contributed by atoms with Gasteiger partial charge < -0.3 is 14.2 Å². The second-order valence-electron chi connectivity index (χ2n) is 7.49. The van der Waals surface area contributed by atoms with E-state index in [0.29, 0.717) is 36.0 Å². The monoisotopic (exact) mass is 454 g/mol. The number of benzene rings is 4. The third kappa shape index (κ3) is 5.53. The van der Waals surface area contributed by atoms with E-state index in [2.05, 4.69) is 34.8 Å². The summed E-state index contributed by atoms with van der Waals surface area (Å²) >= 11 is 0. The first-order valence-corrected chi connectivity index (χ1v) is 11.0. The molecule has 0 spiro atoms.